The van der Waals surface area contributed by atoms with Gasteiger partial charge in [-0.3, -0.25) is 10.1 Å². The third kappa shape index (κ3) is 3.68. The van der Waals surface area contributed by atoms with Crippen molar-refractivity contribution in [2.24, 2.45) is 5.92 Å². The van der Waals surface area contributed by atoms with Crippen molar-refractivity contribution >= 4 is 17.5 Å². The number of hydrogen-bond donors (Lipinski definition) is 1. The van der Waals surface area contributed by atoms with E-state index in [1.165, 1.54) is 0 Å². The first-order valence-corrected chi connectivity index (χ1v) is 7.04. The number of carbonyl (C=O) groups is 1. The van der Waals surface area contributed by atoms with Gasteiger partial charge >= 0.3 is 5.97 Å². The first kappa shape index (κ1) is 15.2. The van der Waals surface area contributed by atoms with Crippen molar-refractivity contribution in [3.8, 4) is 0 Å². The predicted molar refractivity (Wildman–Crippen MR) is 77.7 cm³/mol. The van der Waals surface area contributed by atoms with Crippen molar-refractivity contribution in [3.63, 3.8) is 0 Å². The number of carboxylic acid groups (broad SMARTS) is 1. The molecule has 1 aliphatic carbocycles. The maximum Gasteiger partial charge on any atom is 0.339 e. The summed E-state index contributed by atoms with van der Waals surface area (Å²) in [5.41, 5.74) is -0.393. The minimum absolute atomic E-state index is 0.0974. The van der Waals surface area contributed by atoms with Crippen LogP contribution in [0.1, 0.15) is 43.5 Å². The molecule has 1 fully saturated rings. The van der Waals surface area contributed by atoms with Gasteiger partial charge in [0.1, 0.15) is 17.6 Å². The number of hydrogen-bond acceptors (Lipinski definition) is 5. The number of nitro groups is 1. The zero-order valence-electron chi connectivity index (χ0n) is 12.2. The first-order valence-electron chi connectivity index (χ1n) is 7.04. The smallest absolute Gasteiger partial charge is 0.339 e. The second-order valence-corrected chi connectivity index (χ2v) is 5.73. The van der Waals surface area contributed by atoms with Crippen molar-refractivity contribution in [2.45, 2.75) is 39.2 Å². The number of rotatable bonds is 7. The van der Waals surface area contributed by atoms with Gasteiger partial charge in [-0.1, -0.05) is 13.8 Å². The minimum Gasteiger partial charge on any atom is -0.478 e. The molecule has 1 aliphatic rings. The summed E-state index contributed by atoms with van der Waals surface area (Å²) in [4.78, 5) is 27.6. The lowest BCUT2D eigenvalue weighted by molar-refractivity contribution is -0.385. The molecule has 0 unspecified atom stereocenters. The van der Waals surface area contributed by atoms with Crippen LogP contribution in [0.15, 0.2) is 12.3 Å². The molecule has 0 aliphatic heterocycles. The highest BCUT2D eigenvalue weighted by Crippen LogP contribution is 2.34. The van der Waals surface area contributed by atoms with Crippen LogP contribution < -0.4 is 4.90 Å². The van der Waals surface area contributed by atoms with Gasteiger partial charge in [-0.2, -0.15) is 0 Å². The molecule has 1 heterocycles. The number of carboxylic acids is 1. The van der Waals surface area contributed by atoms with Gasteiger partial charge in [-0.05, 0) is 25.2 Å². The van der Waals surface area contributed by atoms with Crippen LogP contribution in [0.5, 0.6) is 0 Å². The molecule has 1 N–H and O–H groups in total. The maximum atomic E-state index is 11.4. The van der Waals surface area contributed by atoms with Crippen LogP contribution in [-0.4, -0.2) is 33.6 Å². The molecule has 0 bridgehead atoms. The van der Waals surface area contributed by atoms with Crippen LogP contribution in [0.3, 0.4) is 0 Å². The number of pyridine rings is 1. The molecule has 0 saturated heterocycles. The highest BCUT2D eigenvalue weighted by atomic mass is 16.6. The Hall–Kier alpha value is -2.18. The van der Waals surface area contributed by atoms with E-state index in [0.29, 0.717) is 24.3 Å². The van der Waals surface area contributed by atoms with Gasteiger partial charge in [-0.25, -0.2) is 9.78 Å². The standard InChI is InChI=1S/C14H19N3O4/c1-9(2)5-6-16(10-3-4-10)13-12(14(18)19)7-11(8-15-13)17(20)21/h7-10H,3-6H2,1-2H3,(H,18,19). The van der Waals surface area contributed by atoms with E-state index in [1.807, 2.05) is 4.90 Å². The summed E-state index contributed by atoms with van der Waals surface area (Å²) in [6.07, 6.45) is 4.08. The lowest BCUT2D eigenvalue weighted by atomic mass is 10.1. The Labute approximate surface area is 122 Å². The van der Waals surface area contributed by atoms with Gasteiger partial charge in [0, 0.05) is 18.7 Å². The van der Waals surface area contributed by atoms with Crippen molar-refractivity contribution in [2.75, 3.05) is 11.4 Å². The van der Waals surface area contributed by atoms with E-state index < -0.39 is 10.9 Å². The monoisotopic (exact) mass is 293 g/mol. The van der Waals surface area contributed by atoms with E-state index in [-0.39, 0.29) is 11.3 Å². The van der Waals surface area contributed by atoms with Crippen molar-refractivity contribution in [1.82, 2.24) is 4.98 Å². The molecule has 0 atom stereocenters. The Morgan fingerprint density at radius 3 is 2.71 bits per heavy atom. The predicted octanol–water partition coefficient (Wildman–Crippen LogP) is 2.70. The van der Waals surface area contributed by atoms with Gasteiger partial charge in [0.2, 0.25) is 0 Å². The zero-order valence-corrected chi connectivity index (χ0v) is 12.2. The SMILES string of the molecule is CC(C)CCN(c1ncc([N+](=O)[O-])cc1C(=O)O)C1CC1. The van der Waals surface area contributed by atoms with E-state index in [0.717, 1.165) is 31.5 Å². The molecule has 0 spiro atoms. The largest absolute Gasteiger partial charge is 0.478 e. The third-order valence-corrected chi connectivity index (χ3v) is 3.50. The van der Waals surface area contributed by atoms with Crippen molar-refractivity contribution in [3.05, 3.63) is 27.9 Å². The summed E-state index contributed by atoms with van der Waals surface area (Å²) in [7, 11) is 0. The van der Waals surface area contributed by atoms with Crippen LogP contribution in [0.4, 0.5) is 11.5 Å². The molecule has 7 heteroatoms. The Morgan fingerprint density at radius 1 is 1.57 bits per heavy atom. The van der Waals surface area contributed by atoms with E-state index in [2.05, 4.69) is 18.8 Å². The lowest BCUT2D eigenvalue weighted by Crippen LogP contribution is -2.30. The Kier molecular flexibility index (Phi) is 4.40. The number of anilines is 1. The summed E-state index contributed by atoms with van der Waals surface area (Å²) in [5.74, 6) is -0.342. The number of aromatic carboxylic acids is 1. The Morgan fingerprint density at radius 2 is 2.24 bits per heavy atom. The zero-order chi connectivity index (χ0) is 15.6. The first-order chi connectivity index (χ1) is 9.90. The van der Waals surface area contributed by atoms with Gasteiger partial charge in [-0.15, -0.1) is 0 Å². The van der Waals surface area contributed by atoms with Gasteiger partial charge in [0.25, 0.3) is 5.69 Å². The molecule has 0 aromatic carbocycles. The lowest BCUT2D eigenvalue weighted by Gasteiger charge is -2.25. The van der Waals surface area contributed by atoms with Crippen molar-refractivity contribution in [1.29, 1.82) is 0 Å². The van der Waals surface area contributed by atoms with Crippen LogP contribution in [-0.2, 0) is 0 Å². The van der Waals surface area contributed by atoms with Crippen molar-refractivity contribution < 1.29 is 14.8 Å². The highest BCUT2D eigenvalue weighted by Gasteiger charge is 2.33. The average Bonchev–Trinajstić information content (AvgIpc) is 3.23. The third-order valence-electron chi connectivity index (χ3n) is 3.50. The fraction of sp³-hybridized carbons (Fsp3) is 0.571. The van der Waals surface area contributed by atoms with Gasteiger partial charge in [0.05, 0.1) is 4.92 Å². The summed E-state index contributed by atoms with van der Waals surface area (Å²) in [6, 6.07) is 1.39. The van der Waals surface area contributed by atoms with Crippen LogP contribution >= 0.6 is 0 Å². The molecule has 114 valence electrons. The van der Waals surface area contributed by atoms with Gasteiger partial charge in [0.15, 0.2) is 0 Å². The molecule has 0 radical (unpaired) electrons. The van der Waals surface area contributed by atoms with Crippen LogP contribution in [0.2, 0.25) is 0 Å². The van der Waals surface area contributed by atoms with E-state index in [1.54, 1.807) is 0 Å². The second-order valence-electron chi connectivity index (χ2n) is 5.73. The van der Waals surface area contributed by atoms with Crippen LogP contribution in [0.25, 0.3) is 0 Å². The van der Waals surface area contributed by atoms with E-state index >= 15 is 0 Å². The highest BCUT2D eigenvalue weighted by molar-refractivity contribution is 5.94. The molecule has 1 aromatic rings. The summed E-state index contributed by atoms with van der Waals surface area (Å²) in [5, 5.41) is 20.1. The topological polar surface area (TPSA) is 96.6 Å². The fourth-order valence-corrected chi connectivity index (χ4v) is 2.18. The quantitative estimate of drug-likeness (QED) is 0.613. The fourth-order valence-electron chi connectivity index (χ4n) is 2.18. The number of nitrogens with zero attached hydrogens (tertiary/aromatic N) is 3. The normalized spacial score (nSPS) is 14.2. The second kappa shape index (κ2) is 6.07. The van der Waals surface area contributed by atoms with E-state index in [9.17, 15) is 20.0 Å². The van der Waals surface area contributed by atoms with Crippen LogP contribution in [0, 0.1) is 16.0 Å². The average molecular weight is 293 g/mol. The molecule has 0 amide bonds. The summed E-state index contributed by atoms with van der Waals surface area (Å²) >= 11 is 0. The molecular weight excluding hydrogens is 274 g/mol. The maximum absolute atomic E-state index is 11.4. The Bertz CT molecular complexity index is 555. The molecule has 1 aromatic heterocycles. The molecule has 7 nitrogen and oxygen atoms in total. The summed E-state index contributed by atoms with van der Waals surface area (Å²) < 4.78 is 0. The molecular formula is C14H19N3O4. The van der Waals surface area contributed by atoms with E-state index in [4.69, 9.17) is 0 Å². The minimum atomic E-state index is -1.18. The molecule has 2 rings (SSSR count). The molecule has 21 heavy (non-hydrogen) atoms. The molecule has 1 saturated carbocycles. The Balaban J connectivity index is 2.34. The van der Waals surface area contributed by atoms with Gasteiger partial charge < -0.3 is 10.0 Å². The summed E-state index contributed by atoms with van der Waals surface area (Å²) in [6.45, 7) is 4.92. The number of aromatic nitrogens is 1.